The van der Waals surface area contributed by atoms with E-state index in [1.807, 2.05) is 63.5 Å². The van der Waals surface area contributed by atoms with Gasteiger partial charge >= 0.3 is 5.91 Å². The van der Waals surface area contributed by atoms with Gasteiger partial charge in [-0.3, -0.25) is 9.36 Å². The number of aromatic hydroxyl groups is 1. The van der Waals surface area contributed by atoms with Gasteiger partial charge in [-0.2, -0.15) is 0 Å². The van der Waals surface area contributed by atoms with E-state index in [1.165, 1.54) is 0 Å². The van der Waals surface area contributed by atoms with Crippen LogP contribution < -0.4 is 9.64 Å². The highest BCUT2D eigenvalue weighted by atomic mass is 16.5. The minimum atomic E-state index is -0.513. The predicted molar refractivity (Wildman–Crippen MR) is 117 cm³/mol. The molecular weight excluding hydrogens is 380 g/mol. The number of fused-ring (bicyclic) bond motifs is 1. The van der Waals surface area contributed by atoms with Crippen molar-refractivity contribution < 1.29 is 19.5 Å². The normalized spacial score (nSPS) is 11.8. The van der Waals surface area contributed by atoms with Crippen LogP contribution in [0.3, 0.4) is 0 Å². The Morgan fingerprint density at radius 1 is 1.20 bits per heavy atom. The van der Waals surface area contributed by atoms with Crippen molar-refractivity contribution in [3.05, 3.63) is 53.6 Å². The van der Waals surface area contributed by atoms with E-state index >= 15 is 0 Å². The summed E-state index contributed by atoms with van der Waals surface area (Å²) in [5.74, 6) is 0.442. The molecule has 1 heterocycles. The maximum atomic E-state index is 12.3. The number of rotatable bonds is 7. The second-order valence-corrected chi connectivity index (χ2v) is 8.06. The first kappa shape index (κ1) is 21.5. The summed E-state index contributed by atoms with van der Waals surface area (Å²) in [6.07, 6.45) is 0. The maximum Gasteiger partial charge on any atom is 0.302 e. The van der Waals surface area contributed by atoms with Crippen LogP contribution in [-0.4, -0.2) is 36.3 Å². The lowest BCUT2D eigenvalue weighted by Crippen LogP contribution is -3.04. The number of aromatic nitrogens is 1. The molecule has 0 aliphatic rings. The van der Waals surface area contributed by atoms with E-state index in [-0.39, 0.29) is 18.4 Å². The van der Waals surface area contributed by atoms with Crippen molar-refractivity contribution in [3.63, 3.8) is 0 Å². The Hall–Kier alpha value is -3.19. The van der Waals surface area contributed by atoms with Crippen molar-refractivity contribution in [2.24, 2.45) is 10.2 Å². The lowest BCUT2D eigenvalue weighted by atomic mass is 10.0. The summed E-state index contributed by atoms with van der Waals surface area (Å²) in [4.78, 5) is 13.4. The van der Waals surface area contributed by atoms with E-state index in [9.17, 15) is 9.90 Å². The van der Waals surface area contributed by atoms with Crippen molar-refractivity contribution >= 4 is 22.5 Å². The third kappa shape index (κ3) is 4.68. The highest BCUT2D eigenvalue weighted by Crippen LogP contribution is 2.38. The Morgan fingerprint density at radius 2 is 1.93 bits per heavy atom. The first-order chi connectivity index (χ1) is 14.3. The molecule has 3 aromatic rings. The second kappa shape index (κ2) is 9.09. The van der Waals surface area contributed by atoms with Gasteiger partial charge in [-0.1, -0.05) is 44.2 Å². The first-order valence-electron chi connectivity index (χ1n) is 10.0. The van der Waals surface area contributed by atoms with Crippen molar-refractivity contribution in [1.29, 1.82) is 0 Å². The van der Waals surface area contributed by atoms with Gasteiger partial charge in [-0.05, 0) is 36.1 Å². The molecule has 2 aromatic carbocycles. The van der Waals surface area contributed by atoms with Crippen LogP contribution in [0.1, 0.15) is 30.9 Å². The molecule has 30 heavy (non-hydrogen) atoms. The Bertz CT molecular complexity index is 1080. The number of hydrogen-bond donors (Lipinski definition) is 2. The van der Waals surface area contributed by atoms with Crippen molar-refractivity contribution in [1.82, 2.24) is 4.57 Å². The second-order valence-electron chi connectivity index (χ2n) is 8.06. The molecule has 158 valence electrons. The van der Waals surface area contributed by atoms with Gasteiger partial charge < -0.3 is 14.7 Å². The third-order valence-electron chi connectivity index (χ3n) is 4.80. The highest BCUT2D eigenvalue weighted by Gasteiger charge is 2.18. The summed E-state index contributed by atoms with van der Waals surface area (Å²) in [7, 11) is 3.99. The molecule has 0 atom stereocenters. The summed E-state index contributed by atoms with van der Waals surface area (Å²) in [6, 6.07) is 13.5. The van der Waals surface area contributed by atoms with Crippen LogP contribution in [0.5, 0.6) is 11.6 Å². The predicted octanol–water partition coefficient (Wildman–Crippen LogP) is 3.57. The Kier molecular flexibility index (Phi) is 6.52. The van der Waals surface area contributed by atoms with Crippen LogP contribution in [0.25, 0.3) is 10.9 Å². The minimum Gasteiger partial charge on any atom is -0.493 e. The molecule has 0 saturated carbocycles. The number of carbonyl (C=O) groups excluding carboxylic acids is 1. The highest BCUT2D eigenvalue weighted by molar-refractivity contribution is 5.95. The Balaban J connectivity index is 1.80. The molecule has 0 bridgehead atoms. The number of amides is 1. The van der Waals surface area contributed by atoms with Gasteiger partial charge in [0.2, 0.25) is 5.88 Å². The van der Waals surface area contributed by atoms with Gasteiger partial charge in [-0.25, -0.2) is 0 Å². The minimum absolute atomic E-state index is 0.00403. The van der Waals surface area contributed by atoms with Crippen molar-refractivity contribution in [3.8, 4) is 11.6 Å². The first-order valence-corrected chi connectivity index (χ1v) is 10.0. The number of ether oxygens (including phenoxy) is 1. The van der Waals surface area contributed by atoms with Gasteiger partial charge in [0.05, 0.1) is 19.6 Å². The average molecular weight is 410 g/mol. The zero-order valence-corrected chi connectivity index (χ0v) is 18.1. The van der Waals surface area contributed by atoms with E-state index in [0.717, 1.165) is 26.9 Å². The average Bonchev–Trinajstić information content (AvgIpc) is 2.95. The topological polar surface area (TPSA) is 80.6 Å². The van der Waals surface area contributed by atoms with Crippen molar-refractivity contribution in [2.45, 2.75) is 33.4 Å². The molecule has 0 unspecified atom stereocenters. The van der Waals surface area contributed by atoms with Crippen molar-refractivity contribution in [2.75, 3.05) is 20.7 Å². The molecule has 0 radical (unpaired) electrons. The van der Waals surface area contributed by atoms with Crippen LogP contribution in [0.2, 0.25) is 0 Å². The third-order valence-corrected chi connectivity index (χ3v) is 4.80. The number of para-hydroxylation sites is 1. The number of benzene rings is 2. The summed E-state index contributed by atoms with van der Waals surface area (Å²) >= 11 is 0. The smallest absolute Gasteiger partial charge is 0.302 e. The zero-order valence-electron chi connectivity index (χ0n) is 18.1. The molecule has 0 aliphatic carbocycles. The molecular formula is C23H29N4O3+. The number of quaternary nitrogens is 1. The van der Waals surface area contributed by atoms with Crippen LogP contribution in [-0.2, 0) is 11.5 Å². The number of carbonyl (C=O) groups is 1. The molecule has 0 aliphatic heterocycles. The fraction of sp³-hybridized carbons (Fsp3) is 0.348. The number of nitrogens with zero attached hydrogens (tertiary/aromatic N) is 3. The number of aryl methyl sites for hydroxylation is 1. The lowest BCUT2D eigenvalue weighted by molar-refractivity contribution is -0.882. The molecule has 7 nitrogen and oxygen atoms in total. The number of hydrogen-bond acceptors (Lipinski definition) is 4. The number of azo groups is 1. The van der Waals surface area contributed by atoms with Gasteiger partial charge in [0.15, 0.2) is 19.0 Å². The van der Waals surface area contributed by atoms with Gasteiger partial charge in [0.25, 0.3) is 0 Å². The SMILES string of the molecule is Cc1ccc(C(C)C)c(OCC(=O)N=Nc2c(O)n(C[NH+](C)C)c3ccccc23)c1. The summed E-state index contributed by atoms with van der Waals surface area (Å²) in [5.41, 5.74) is 3.23. The standard InChI is InChI=1S/C23H28N4O3/c1-15(2)17-11-10-16(3)12-20(17)30-13-21(28)24-25-22-18-8-6-7-9-19(18)27(23(22)29)14-26(4)5/h6-12,15,29H,13-14H2,1-5H3/p+1. The number of nitrogens with one attached hydrogen (secondary N) is 1. The molecule has 0 fully saturated rings. The molecule has 2 N–H and O–H groups in total. The molecule has 3 rings (SSSR count). The van der Waals surface area contributed by atoms with Gasteiger partial charge in [-0.15, -0.1) is 10.2 Å². The summed E-state index contributed by atoms with van der Waals surface area (Å²) in [6.45, 7) is 6.48. The van der Waals surface area contributed by atoms with Crippen LogP contribution >= 0.6 is 0 Å². The van der Waals surface area contributed by atoms with Gasteiger partial charge in [0, 0.05) is 5.39 Å². The van der Waals surface area contributed by atoms with Gasteiger partial charge in [0.1, 0.15) is 5.75 Å². The fourth-order valence-corrected chi connectivity index (χ4v) is 3.36. The van der Waals surface area contributed by atoms with E-state index in [0.29, 0.717) is 18.1 Å². The lowest BCUT2D eigenvalue weighted by Gasteiger charge is -2.13. The zero-order chi connectivity index (χ0) is 21.8. The van der Waals surface area contributed by atoms with Crippen LogP contribution in [0.4, 0.5) is 5.69 Å². The Labute approximate surface area is 176 Å². The maximum absolute atomic E-state index is 12.3. The monoisotopic (exact) mass is 409 g/mol. The Morgan fingerprint density at radius 3 is 2.63 bits per heavy atom. The largest absolute Gasteiger partial charge is 0.493 e. The van der Waals surface area contributed by atoms with E-state index in [2.05, 4.69) is 24.1 Å². The van der Waals surface area contributed by atoms with Crippen LogP contribution in [0.15, 0.2) is 52.7 Å². The van der Waals surface area contributed by atoms with E-state index in [1.54, 1.807) is 4.57 Å². The van der Waals surface area contributed by atoms with E-state index in [4.69, 9.17) is 4.74 Å². The fourth-order valence-electron chi connectivity index (χ4n) is 3.36. The van der Waals surface area contributed by atoms with E-state index < -0.39 is 5.91 Å². The molecule has 7 heteroatoms. The molecule has 0 spiro atoms. The summed E-state index contributed by atoms with van der Waals surface area (Å²) < 4.78 is 7.50. The molecule has 1 aromatic heterocycles. The van der Waals surface area contributed by atoms with Crippen LogP contribution in [0, 0.1) is 6.92 Å². The molecule has 1 amide bonds. The summed E-state index contributed by atoms with van der Waals surface area (Å²) in [5, 5.41) is 19.3. The molecule has 0 saturated heterocycles. The quantitative estimate of drug-likeness (QED) is 0.586.